The summed E-state index contributed by atoms with van der Waals surface area (Å²) in [5.74, 6) is 1.64. The van der Waals surface area contributed by atoms with Crippen LogP contribution in [0.4, 0.5) is 0 Å². The zero-order valence-corrected chi connectivity index (χ0v) is 12.9. The third-order valence-electron chi connectivity index (χ3n) is 3.76. The lowest BCUT2D eigenvalue weighted by atomic mass is 9.96. The summed E-state index contributed by atoms with van der Waals surface area (Å²) in [6, 6.07) is 0. The number of amides is 1. The van der Waals surface area contributed by atoms with Crippen molar-refractivity contribution in [2.75, 3.05) is 13.1 Å². The highest BCUT2D eigenvalue weighted by atomic mass is 32.1. The second-order valence-electron chi connectivity index (χ2n) is 5.15. The van der Waals surface area contributed by atoms with Gasteiger partial charge in [0.1, 0.15) is 4.88 Å². The van der Waals surface area contributed by atoms with Gasteiger partial charge >= 0.3 is 0 Å². The summed E-state index contributed by atoms with van der Waals surface area (Å²) in [4.78, 5) is 19.3. The van der Waals surface area contributed by atoms with Crippen LogP contribution in [-0.4, -0.2) is 43.6 Å². The van der Waals surface area contributed by atoms with E-state index in [1.54, 1.807) is 0 Å². The Morgan fingerprint density at radius 3 is 2.81 bits per heavy atom. The molecular weight excluding hydrogens is 290 g/mol. The Balaban J connectivity index is 1.64. The van der Waals surface area contributed by atoms with Crippen molar-refractivity contribution in [3.05, 3.63) is 22.3 Å². The molecule has 1 saturated heterocycles. The maximum atomic E-state index is 12.5. The number of aryl methyl sites for hydroxylation is 2. The van der Waals surface area contributed by atoms with Crippen molar-refractivity contribution >= 4 is 17.4 Å². The van der Waals surface area contributed by atoms with Gasteiger partial charge in [0, 0.05) is 19.0 Å². The highest BCUT2D eigenvalue weighted by Crippen LogP contribution is 2.28. The van der Waals surface area contributed by atoms with E-state index in [1.807, 2.05) is 18.7 Å². The van der Waals surface area contributed by atoms with Crippen LogP contribution in [0.25, 0.3) is 0 Å². The summed E-state index contributed by atoms with van der Waals surface area (Å²) in [7, 11) is 0. The van der Waals surface area contributed by atoms with Gasteiger partial charge in [0.15, 0.2) is 5.82 Å². The molecule has 0 N–H and O–H groups in total. The average Bonchev–Trinajstić information content (AvgIpc) is 3.15. The van der Waals surface area contributed by atoms with Crippen LogP contribution in [0.15, 0.2) is 4.52 Å². The standard InChI is InChI=1S/C13H17N5O2S/c1-3-10-11(21-17-15-10)13(19)18-6-4-9(5-7-18)12-14-8(2)16-20-12/h9H,3-7H2,1-2H3. The van der Waals surface area contributed by atoms with Gasteiger partial charge in [-0.25, -0.2) is 0 Å². The fraction of sp³-hybridized carbons (Fsp3) is 0.615. The fourth-order valence-electron chi connectivity index (χ4n) is 2.55. The first-order valence-electron chi connectivity index (χ1n) is 7.09. The van der Waals surface area contributed by atoms with E-state index in [1.165, 1.54) is 11.5 Å². The summed E-state index contributed by atoms with van der Waals surface area (Å²) in [6.07, 6.45) is 2.43. The Morgan fingerprint density at radius 1 is 1.43 bits per heavy atom. The van der Waals surface area contributed by atoms with Gasteiger partial charge in [-0.05, 0) is 37.7 Å². The number of carbonyl (C=O) groups excluding carboxylic acids is 1. The van der Waals surface area contributed by atoms with E-state index < -0.39 is 0 Å². The summed E-state index contributed by atoms with van der Waals surface area (Å²) < 4.78 is 9.11. The number of piperidine rings is 1. The first-order chi connectivity index (χ1) is 10.2. The lowest BCUT2D eigenvalue weighted by Crippen LogP contribution is -2.38. The lowest BCUT2D eigenvalue weighted by Gasteiger charge is -2.30. The van der Waals surface area contributed by atoms with Crippen molar-refractivity contribution in [3.8, 4) is 0 Å². The van der Waals surface area contributed by atoms with Crippen LogP contribution in [-0.2, 0) is 6.42 Å². The van der Waals surface area contributed by atoms with Gasteiger partial charge < -0.3 is 9.42 Å². The third-order valence-corrected chi connectivity index (χ3v) is 4.52. The number of rotatable bonds is 3. The van der Waals surface area contributed by atoms with E-state index in [-0.39, 0.29) is 11.8 Å². The summed E-state index contributed by atoms with van der Waals surface area (Å²) in [6.45, 7) is 5.20. The van der Waals surface area contributed by atoms with Crippen LogP contribution in [0.3, 0.4) is 0 Å². The van der Waals surface area contributed by atoms with E-state index >= 15 is 0 Å². The molecule has 0 aliphatic carbocycles. The molecule has 0 atom stereocenters. The number of nitrogens with zero attached hydrogens (tertiary/aromatic N) is 5. The predicted octanol–water partition coefficient (Wildman–Crippen LogP) is 1.81. The minimum Gasteiger partial charge on any atom is -0.339 e. The summed E-state index contributed by atoms with van der Waals surface area (Å²) in [5, 5.41) is 7.83. The molecule has 3 rings (SSSR count). The van der Waals surface area contributed by atoms with Gasteiger partial charge in [-0.2, -0.15) is 4.98 Å². The quantitative estimate of drug-likeness (QED) is 0.859. The molecule has 0 saturated carbocycles. The topological polar surface area (TPSA) is 85.0 Å². The molecular formula is C13H17N5O2S. The zero-order chi connectivity index (χ0) is 14.8. The normalized spacial score (nSPS) is 16.4. The minimum absolute atomic E-state index is 0.0435. The van der Waals surface area contributed by atoms with Crippen molar-refractivity contribution in [2.24, 2.45) is 0 Å². The molecule has 0 unspecified atom stereocenters. The molecule has 0 spiro atoms. The van der Waals surface area contributed by atoms with E-state index in [0.717, 1.165) is 25.0 Å². The van der Waals surface area contributed by atoms with Crippen molar-refractivity contribution < 1.29 is 9.32 Å². The van der Waals surface area contributed by atoms with Gasteiger partial charge in [0.25, 0.3) is 5.91 Å². The van der Waals surface area contributed by atoms with Gasteiger partial charge in [-0.15, -0.1) is 5.10 Å². The van der Waals surface area contributed by atoms with Crippen molar-refractivity contribution in [1.82, 2.24) is 24.6 Å². The second-order valence-corrected chi connectivity index (χ2v) is 5.90. The Hall–Kier alpha value is -1.83. The molecule has 0 aromatic carbocycles. The Kier molecular flexibility index (Phi) is 3.96. The molecule has 0 radical (unpaired) electrons. The SMILES string of the molecule is CCc1nnsc1C(=O)N1CCC(c2nc(C)no2)CC1. The minimum atomic E-state index is 0.0435. The monoisotopic (exact) mass is 307 g/mol. The lowest BCUT2D eigenvalue weighted by molar-refractivity contribution is 0.0708. The van der Waals surface area contributed by atoms with Gasteiger partial charge in [0.05, 0.1) is 5.69 Å². The first-order valence-corrected chi connectivity index (χ1v) is 7.87. The molecule has 21 heavy (non-hydrogen) atoms. The molecule has 7 nitrogen and oxygen atoms in total. The number of hydrogen-bond donors (Lipinski definition) is 0. The fourth-order valence-corrected chi connectivity index (χ4v) is 3.27. The highest BCUT2D eigenvalue weighted by Gasteiger charge is 2.29. The molecule has 0 bridgehead atoms. The number of likely N-dealkylation sites (tertiary alicyclic amines) is 1. The van der Waals surface area contributed by atoms with Crippen LogP contribution in [0.5, 0.6) is 0 Å². The number of carbonyl (C=O) groups is 1. The zero-order valence-electron chi connectivity index (χ0n) is 12.1. The van der Waals surface area contributed by atoms with E-state index in [0.29, 0.717) is 29.7 Å². The van der Waals surface area contributed by atoms with Crippen LogP contribution < -0.4 is 0 Å². The van der Waals surface area contributed by atoms with Crippen LogP contribution >= 0.6 is 11.5 Å². The Bertz CT molecular complexity index is 630. The van der Waals surface area contributed by atoms with Crippen LogP contribution in [0, 0.1) is 6.92 Å². The smallest absolute Gasteiger partial charge is 0.267 e. The number of aromatic nitrogens is 4. The molecule has 112 valence electrons. The molecule has 8 heteroatoms. The maximum absolute atomic E-state index is 12.5. The van der Waals surface area contributed by atoms with E-state index in [4.69, 9.17) is 4.52 Å². The molecule has 1 fully saturated rings. The van der Waals surface area contributed by atoms with E-state index in [2.05, 4.69) is 19.7 Å². The maximum Gasteiger partial charge on any atom is 0.267 e. The first kappa shape index (κ1) is 14.1. The highest BCUT2D eigenvalue weighted by molar-refractivity contribution is 7.08. The summed E-state index contributed by atoms with van der Waals surface area (Å²) >= 11 is 1.18. The predicted molar refractivity (Wildman–Crippen MR) is 76.2 cm³/mol. The second kappa shape index (κ2) is 5.88. The Labute approximate surface area is 126 Å². The molecule has 1 aliphatic heterocycles. The van der Waals surface area contributed by atoms with Crippen molar-refractivity contribution in [2.45, 2.75) is 39.0 Å². The molecule has 1 amide bonds. The molecule has 2 aromatic rings. The van der Waals surface area contributed by atoms with Crippen molar-refractivity contribution in [3.63, 3.8) is 0 Å². The molecule has 2 aromatic heterocycles. The van der Waals surface area contributed by atoms with Crippen LogP contribution in [0.2, 0.25) is 0 Å². The largest absolute Gasteiger partial charge is 0.339 e. The van der Waals surface area contributed by atoms with Gasteiger partial charge in [-0.3, -0.25) is 4.79 Å². The van der Waals surface area contributed by atoms with Gasteiger partial charge in [0.2, 0.25) is 5.89 Å². The van der Waals surface area contributed by atoms with Gasteiger partial charge in [-0.1, -0.05) is 16.6 Å². The third kappa shape index (κ3) is 2.80. The molecule has 3 heterocycles. The summed E-state index contributed by atoms with van der Waals surface area (Å²) in [5.41, 5.74) is 0.791. The molecule has 1 aliphatic rings. The average molecular weight is 307 g/mol. The van der Waals surface area contributed by atoms with Crippen LogP contribution in [0.1, 0.15) is 52.8 Å². The number of hydrogen-bond acceptors (Lipinski definition) is 7. The van der Waals surface area contributed by atoms with Crippen molar-refractivity contribution in [1.29, 1.82) is 0 Å². The Morgan fingerprint density at radius 2 is 2.19 bits per heavy atom. The van der Waals surface area contributed by atoms with E-state index in [9.17, 15) is 4.79 Å².